The van der Waals surface area contributed by atoms with Gasteiger partial charge in [-0.3, -0.25) is 9.59 Å². The molecular weight excluding hydrogens is 374 g/mol. The Morgan fingerprint density at radius 2 is 1.71 bits per heavy atom. The van der Waals surface area contributed by atoms with Gasteiger partial charge in [0.1, 0.15) is 6.61 Å². The van der Waals surface area contributed by atoms with E-state index >= 15 is 0 Å². The lowest BCUT2D eigenvalue weighted by atomic mass is 9.78. The van der Waals surface area contributed by atoms with E-state index in [4.69, 9.17) is 16.3 Å². The maximum Gasteiger partial charge on any atom is 0.310 e. The zero-order chi connectivity index (χ0) is 19.9. The molecule has 1 N–H and O–H groups in total. The molecule has 0 aliphatic heterocycles. The lowest BCUT2D eigenvalue weighted by molar-refractivity contribution is -0.155. The first-order valence-corrected chi connectivity index (χ1v) is 10.3. The van der Waals surface area contributed by atoms with E-state index in [-0.39, 0.29) is 24.4 Å². The molecule has 2 aromatic carbocycles. The molecule has 2 atom stereocenters. The number of hydrogen-bond acceptors (Lipinski definition) is 3. The maximum atomic E-state index is 12.8. The molecule has 0 bridgehead atoms. The molecule has 0 saturated heterocycles. The number of benzene rings is 2. The molecule has 28 heavy (non-hydrogen) atoms. The van der Waals surface area contributed by atoms with Crippen molar-refractivity contribution in [3.63, 3.8) is 0 Å². The first-order chi connectivity index (χ1) is 13.6. The second-order valence-electron chi connectivity index (χ2n) is 7.24. The molecule has 0 radical (unpaired) electrons. The van der Waals surface area contributed by atoms with Crippen LogP contribution in [0.3, 0.4) is 0 Å². The van der Waals surface area contributed by atoms with Gasteiger partial charge in [0.25, 0.3) is 0 Å². The number of anilines is 1. The highest BCUT2D eigenvalue weighted by Crippen LogP contribution is 2.32. The highest BCUT2D eigenvalue weighted by Gasteiger charge is 2.36. The Morgan fingerprint density at radius 1 is 1.04 bits per heavy atom. The van der Waals surface area contributed by atoms with Crippen LogP contribution in [-0.4, -0.2) is 11.9 Å². The molecule has 1 saturated carbocycles. The second kappa shape index (κ2) is 9.74. The monoisotopic (exact) mass is 399 g/mol. The van der Waals surface area contributed by atoms with Crippen molar-refractivity contribution in [2.45, 2.75) is 45.6 Å². The summed E-state index contributed by atoms with van der Waals surface area (Å²) in [4.78, 5) is 25.5. The Kier molecular flexibility index (Phi) is 7.10. The van der Waals surface area contributed by atoms with Crippen LogP contribution in [0, 0.1) is 11.8 Å². The van der Waals surface area contributed by atoms with Gasteiger partial charge in [-0.05, 0) is 43.0 Å². The Hall–Kier alpha value is -2.33. The third-order valence-electron chi connectivity index (χ3n) is 5.36. The minimum absolute atomic E-state index is 0.108. The molecule has 4 nitrogen and oxygen atoms in total. The zero-order valence-electron chi connectivity index (χ0n) is 16.1. The van der Waals surface area contributed by atoms with E-state index in [1.807, 2.05) is 42.5 Å². The molecule has 2 aromatic rings. The van der Waals surface area contributed by atoms with Crippen LogP contribution in [0.4, 0.5) is 5.69 Å². The average molecular weight is 400 g/mol. The standard InChI is InChI=1S/C23H26ClNO3/c1-2-16-11-13-18(14-12-16)25-22(26)19-8-4-5-9-20(19)23(27)28-15-17-7-3-6-10-21(17)24/h3,6-7,10-14,19-20H,2,4-5,8-9,15H2,1H3,(H,25,26)/t19-,20-/m0/s1. The molecule has 1 amide bonds. The summed E-state index contributed by atoms with van der Waals surface area (Å²) in [6.07, 6.45) is 4.21. The lowest BCUT2D eigenvalue weighted by Gasteiger charge is -2.29. The number of rotatable bonds is 6. The molecule has 1 fully saturated rings. The van der Waals surface area contributed by atoms with Crippen LogP contribution < -0.4 is 5.32 Å². The molecule has 0 aromatic heterocycles. The Bertz CT molecular complexity index is 819. The van der Waals surface area contributed by atoms with E-state index < -0.39 is 5.92 Å². The third-order valence-corrected chi connectivity index (χ3v) is 5.73. The van der Waals surface area contributed by atoms with Gasteiger partial charge in [-0.15, -0.1) is 0 Å². The van der Waals surface area contributed by atoms with Crippen LogP contribution in [0.25, 0.3) is 0 Å². The number of ether oxygens (including phenoxy) is 1. The average Bonchev–Trinajstić information content (AvgIpc) is 2.73. The van der Waals surface area contributed by atoms with E-state index in [1.165, 1.54) is 5.56 Å². The molecule has 0 heterocycles. The Labute approximate surface area is 171 Å². The number of hydrogen-bond donors (Lipinski definition) is 1. The van der Waals surface area contributed by atoms with Crippen molar-refractivity contribution in [3.8, 4) is 0 Å². The van der Waals surface area contributed by atoms with Crippen molar-refractivity contribution in [1.82, 2.24) is 0 Å². The van der Waals surface area contributed by atoms with Crippen molar-refractivity contribution in [2.75, 3.05) is 5.32 Å². The predicted molar refractivity (Wildman–Crippen MR) is 111 cm³/mol. The van der Waals surface area contributed by atoms with E-state index in [1.54, 1.807) is 6.07 Å². The molecule has 148 valence electrons. The Balaban J connectivity index is 1.62. The van der Waals surface area contributed by atoms with Crippen molar-refractivity contribution in [2.24, 2.45) is 11.8 Å². The van der Waals surface area contributed by atoms with Gasteiger partial charge in [0.05, 0.1) is 11.8 Å². The summed E-state index contributed by atoms with van der Waals surface area (Å²) in [5.41, 5.74) is 2.75. The highest BCUT2D eigenvalue weighted by molar-refractivity contribution is 6.31. The van der Waals surface area contributed by atoms with Crippen molar-refractivity contribution < 1.29 is 14.3 Å². The Morgan fingerprint density at radius 3 is 2.39 bits per heavy atom. The van der Waals surface area contributed by atoms with E-state index in [0.717, 1.165) is 30.5 Å². The summed E-state index contributed by atoms with van der Waals surface area (Å²) in [7, 11) is 0. The van der Waals surface area contributed by atoms with Gasteiger partial charge in [-0.1, -0.05) is 61.7 Å². The lowest BCUT2D eigenvalue weighted by Crippen LogP contribution is -2.37. The largest absolute Gasteiger partial charge is 0.461 e. The van der Waals surface area contributed by atoms with Gasteiger partial charge in [-0.2, -0.15) is 0 Å². The first kappa shape index (κ1) is 20.4. The number of amides is 1. The van der Waals surface area contributed by atoms with Gasteiger partial charge < -0.3 is 10.1 Å². The highest BCUT2D eigenvalue weighted by atomic mass is 35.5. The number of nitrogens with one attached hydrogen (secondary N) is 1. The van der Waals surface area contributed by atoms with Gasteiger partial charge in [-0.25, -0.2) is 0 Å². The van der Waals surface area contributed by atoms with Crippen LogP contribution >= 0.6 is 11.6 Å². The second-order valence-corrected chi connectivity index (χ2v) is 7.64. The summed E-state index contributed by atoms with van der Waals surface area (Å²) < 4.78 is 5.51. The number of halogens is 1. The van der Waals surface area contributed by atoms with Crippen LogP contribution in [0.5, 0.6) is 0 Å². The SMILES string of the molecule is CCc1ccc(NC(=O)[C@H]2CCCC[C@@H]2C(=O)OCc2ccccc2Cl)cc1. The molecule has 5 heteroatoms. The number of carbonyl (C=O) groups excluding carboxylic acids is 2. The fourth-order valence-electron chi connectivity index (χ4n) is 3.66. The van der Waals surface area contributed by atoms with Crippen LogP contribution in [0.1, 0.15) is 43.7 Å². The molecule has 0 spiro atoms. The van der Waals surface area contributed by atoms with Gasteiger partial charge in [0.15, 0.2) is 0 Å². The van der Waals surface area contributed by atoms with Crippen LogP contribution in [-0.2, 0) is 27.4 Å². The fraction of sp³-hybridized carbons (Fsp3) is 0.391. The topological polar surface area (TPSA) is 55.4 Å². The van der Waals surface area contributed by atoms with Crippen molar-refractivity contribution in [1.29, 1.82) is 0 Å². The summed E-state index contributed by atoms with van der Waals surface area (Å²) in [5, 5.41) is 3.54. The maximum absolute atomic E-state index is 12.8. The molecule has 0 unspecified atom stereocenters. The molecule has 1 aliphatic carbocycles. The quantitative estimate of drug-likeness (QED) is 0.662. The normalized spacial score (nSPS) is 19.1. The number of carbonyl (C=O) groups is 2. The van der Waals surface area contributed by atoms with Gasteiger partial charge >= 0.3 is 5.97 Å². The van der Waals surface area contributed by atoms with E-state index in [2.05, 4.69) is 12.2 Å². The van der Waals surface area contributed by atoms with Crippen molar-refractivity contribution in [3.05, 3.63) is 64.7 Å². The van der Waals surface area contributed by atoms with Crippen LogP contribution in [0.15, 0.2) is 48.5 Å². The van der Waals surface area contributed by atoms with Gasteiger partial charge in [0.2, 0.25) is 5.91 Å². The third kappa shape index (κ3) is 5.14. The molecule has 3 rings (SSSR count). The van der Waals surface area contributed by atoms with Gasteiger partial charge in [0, 0.05) is 16.3 Å². The van der Waals surface area contributed by atoms with Crippen LogP contribution in [0.2, 0.25) is 5.02 Å². The fourth-order valence-corrected chi connectivity index (χ4v) is 3.85. The summed E-state index contributed by atoms with van der Waals surface area (Å²) >= 11 is 6.13. The number of esters is 1. The molecule has 1 aliphatic rings. The minimum Gasteiger partial charge on any atom is -0.461 e. The first-order valence-electron chi connectivity index (χ1n) is 9.88. The summed E-state index contributed by atoms with van der Waals surface area (Å²) in [5.74, 6) is -1.20. The van der Waals surface area contributed by atoms with E-state index in [0.29, 0.717) is 17.9 Å². The smallest absolute Gasteiger partial charge is 0.310 e. The van der Waals surface area contributed by atoms with Crippen molar-refractivity contribution >= 4 is 29.2 Å². The minimum atomic E-state index is -0.411. The zero-order valence-corrected chi connectivity index (χ0v) is 16.9. The van der Waals surface area contributed by atoms with E-state index in [9.17, 15) is 9.59 Å². The predicted octanol–water partition coefficient (Wildman–Crippen LogP) is 5.39. The molecular formula is C23H26ClNO3. The summed E-state index contributed by atoms with van der Waals surface area (Å²) in [6, 6.07) is 15.1. The number of aryl methyl sites for hydroxylation is 1. The summed E-state index contributed by atoms with van der Waals surface area (Å²) in [6.45, 7) is 2.22.